The molecule has 0 unspecified atom stereocenters. The van der Waals surface area contributed by atoms with E-state index in [-0.39, 0.29) is 6.03 Å². The molecule has 1 N–H and O–H groups in total. The number of benzene rings is 2. The Morgan fingerprint density at radius 3 is 2.47 bits per heavy atom. The maximum absolute atomic E-state index is 12.8. The predicted molar refractivity (Wildman–Crippen MR) is 121 cm³/mol. The van der Waals surface area contributed by atoms with Gasteiger partial charge >= 0.3 is 12.0 Å². The molecule has 1 fully saturated rings. The van der Waals surface area contributed by atoms with Gasteiger partial charge in [-0.2, -0.15) is 0 Å². The number of nitrogens with one attached hydrogen (secondary N) is 1. The van der Waals surface area contributed by atoms with Crippen molar-refractivity contribution in [3.05, 3.63) is 58.1 Å². The number of amides is 2. The monoisotopic (exact) mass is 449 g/mol. The molecule has 0 saturated carbocycles. The van der Waals surface area contributed by atoms with Gasteiger partial charge in [0.25, 0.3) is 0 Å². The smallest absolute Gasteiger partial charge is 0.340 e. The maximum atomic E-state index is 12.8. The molecule has 6 nitrogen and oxygen atoms in total. The van der Waals surface area contributed by atoms with Crippen LogP contribution in [0.25, 0.3) is 0 Å². The normalized spacial score (nSPS) is 13.8. The Kier molecular flexibility index (Phi) is 7.82. The van der Waals surface area contributed by atoms with Crippen molar-refractivity contribution in [3.8, 4) is 0 Å². The first-order valence-electron chi connectivity index (χ1n) is 10.0. The Labute approximate surface area is 186 Å². The third-order valence-electron chi connectivity index (χ3n) is 4.95. The van der Waals surface area contributed by atoms with Gasteiger partial charge in [0.1, 0.15) is 0 Å². The zero-order valence-electron chi connectivity index (χ0n) is 16.9. The molecule has 2 amide bonds. The van der Waals surface area contributed by atoms with E-state index < -0.39 is 5.97 Å². The molecule has 0 aliphatic carbocycles. The number of unbranched alkanes of at least 4 members (excludes halogenated alkanes) is 1. The SMILES string of the molecule is CCCCOC(=O)c1ccccc1NC(=O)N1CCN(c2ccc(Cl)c(Cl)c2)CC1. The molecule has 1 aliphatic rings. The molecule has 0 bridgehead atoms. The first-order valence-corrected chi connectivity index (χ1v) is 10.8. The van der Waals surface area contributed by atoms with Crippen molar-refractivity contribution >= 4 is 46.6 Å². The lowest BCUT2D eigenvalue weighted by Gasteiger charge is -2.36. The van der Waals surface area contributed by atoms with Gasteiger partial charge in [-0.25, -0.2) is 9.59 Å². The summed E-state index contributed by atoms with van der Waals surface area (Å²) in [6.07, 6.45) is 1.75. The largest absolute Gasteiger partial charge is 0.462 e. The summed E-state index contributed by atoms with van der Waals surface area (Å²) in [5.74, 6) is -0.427. The second-order valence-electron chi connectivity index (χ2n) is 7.04. The summed E-state index contributed by atoms with van der Waals surface area (Å²) in [4.78, 5) is 29.0. The van der Waals surface area contributed by atoms with Crippen LogP contribution in [0.4, 0.5) is 16.2 Å². The number of halogens is 2. The van der Waals surface area contributed by atoms with Crippen molar-refractivity contribution in [3.63, 3.8) is 0 Å². The summed E-state index contributed by atoms with van der Waals surface area (Å²) in [5.41, 5.74) is 1.79. The fourth-order valence-corrected chi connectivity index (χ4v) is 3.49. The van der Waals surface area contributed by atoms with Crippen molar-refractivity contribution in [2.45, 2.75) is 19.8 Å². The Balaban J connectivity index is 1.58. The number of piperazine rings is 1. The lowest BCUT2D eigenvalue weighted by Crippen LogP contribution is -2.50. The second kappa shape index (κ2) is 10.5. The highest BCUT2D eigenvalue weighted by Crippen LogP contribution is 2.28. The molecule has 1 aliphatic heterocycles. The third kappa shape index (κ3) is 5.58. The van der Waals surface area contributed by atoms with Crippen LogP contribution >= 0.6 is 23.2 Å². The van der Waals surface area contributed by atoms with E-state index in [2.05, 4.69) is 10.2 Å². The summed E-state index contributed by atoms with van der Waals surface area (Å²) < 4.78 is 5.29. The minimum Gasteiger partial charge on any atom is -0.462 e. The van der Waals surface area contributed by atoms with Crippen LogP contribution < -0.4 is 10.2 Å². The number of anilines is 2. The molecule has 3 rings (SSSR count). The number of ether oxygens (including phenoxy) is 1. The van der Waals surface area contributed by atoms with Gasteiger partial charge in [0.15, 0.2) is 0 Å². The molecule has 1 saturated heterocycles. The van der Waals surface area contributed by atoms with E-state index in [9.17, 15) is 9.59 Å². The average Bonchev–Trinajstić information content (AvgIpc) is 2.76. The van der Waals surface area contributed by atoms with Gasteiger partial charge in [-0.15, -0.1) is 0 Å². The fourth-order valence-electron chi connectivity index (χ4n) is 3.20. The van der Waals surface area contributed by atoms with Gasteiger partial charge in [0, 0.05) is 31.9 Å². The number of rotatable bonds is 6. The molecule has 2 aromatic carbocycles. The highest BCUT2D eigenvalue weighted by Gasteiger charge is 2.23. The summed E-state index contributed by atoms with van der Waals surface area (Å²) >= 11 is 12.1. The van der Waals surface area contributed by atoms with Gasteiger partial charge in [-0.05, 0) is 36.8 Å². The number of urea groups is 1. The number of carbonyl (C=O) groups is 2. The highest BCUT2D eigenvalue weighted by molar-refractivity contribution is 6.42. The molecule has 0 spiro atoms. The van der Waals surface area contributed by atoms with Gasteiger partial charge in [-0.3, -0.25) is 0 Å². The van der Waals surface area contributed by atoms with Crippen LogP contribution in [0, 0.1) is 0 Å². The Morgan fingerprint density at radius 2 is 1.77 bits per heavy atom. The fraction of sp³-hybridized carbons (Fsp3) is 0.364. The van der Waals surface area contributed by atoms with Gasteiger partial charge in [0.05, 0.1) is 27.9 Å². The van der Waals surface area contributed by atoms with Crippen LogP contribution in [-0.2, 0) is 4.74 Å². The zero-order chi connectivity index (χ0) is 21.5. The zero-order valence-corrected chi connectivity index (χ0v) is 18.4. The number of esters is 1. The molecule has 2 aromatic rings. The first-order chi connectivity index (χ1) is 14.5. The molecular formula is C22H25Cl2N3O3. The molecule has 1 heterocycles. The van der Waals surface area contributed by atoms with Crippen LogP contribution in [-0.4, -0.2) is 49.7 Å². The number of nitrogens with zero attached hydrogens (tertiary/aromatic N) is 2. The third-order valence-corrected chi connectivity index (χ3v) is 5.69. The van der Waals surface area contributed by atoms with E-state index in [1.165, 1.54) is 0 Å². The van der Waals surface area contributed by atoms with Crippen molar-refractivity contribution in [2.24, 2.45) is 0 Å². The van der Waals surface area contributed by atoms with Crippen LogP contribution in [0.3, 0.4) is 0 Å². The van der Waals surface area contributed by atoms with Crippen molar-refractivity contribution in [2.75, 3.05) is 43.0 Å². The minimum absolute atomic E-state index is 0.238. The van der Waals surface area contributed by atoms with Crippen LogP contribution in [0.1, 0.15) is 30.1 Å². The quantitative estimate of drug-likeness (QED) is 0.479. The minimum atomic E-state index is -0.427. The van der Waals surface area contributed by atoms with E-state index in [0.717, 1.165) is 18.5 Å². The topological polar surface area (TPSA) is 61.9 Å². The Morgan fingerprint density at radius 1 is 1.03 bits per heavy atom. The van der Waals surface area contributed by atoms with Crippen molar-refractivity contribution in [1.29, 1.82) is 0 Å². The summed E-state index contributed by atoms with van der Waals surface area (Å²) in [7, 11) is 0. The standard InChI is InChI=1S/C22H25Cl2N3O3/c1-2-3-14-30-21(28)17-6-4-5-7-20(17)25-22(29)27-12-10-26(11-13-27)16-8-9-18(23)19(24)15-16/h4-9,15H,2-3,10-14H2,1H3,(H,25,29). The average molecular weight is 450 g/mol. The van der Waals surface area contributed by atoms with Crippen molar-refractivity contribution < 1.29 is 14.3 Å². The molecule has 0 aromatic heterocycles. The van der Waals surface area contributed by atoms with Gasteiger partial charge in [0.2, 0.25) is 0 Å². The molecule has 160 valence electrons. The van der Waals surface area contributed by atoms with Gasteiger partial charge < -0.3 is 19.9 Å². The molecular weight excluding hydrogens is 425 g/mol. The van der Waals surface area contributed by atoms with Crippen molar-refractivity contribution in [1.82, 2.24) is 4.90 Å². The van der Waals surface area contributed by atoms with E-state index >= 15 is 0 Å². The van der Waals surface area contributed by atoms with Crippen LogP contribution in [0.5, 0.6) is 0 Å². The number of hydrogen-bond donors (Lipinski definition) is 1. The molecule has 30 heavy (non-hydrogen) atoms. The molecule has 8 heteroatoms. The number of para-hydroxylation sites is 1. The first kappa shape index (κ1) is 22.2. The summed E-state index contributed by atoms with van der Waals surface area (Å²) in [6.45, 7) is 4.85. The van der Waals surface area contributed by atoms with Crippen LogP contribution in [0.2, 0.25) is 10.0 Å². The molecule has 0 atom stereocenters. The van der Waals surface area contributed by atoms with E-state index in [0.29, 0.717) is 54.1 Å². The lowest BCUT2D eigenvalue weighted by atomic mass is 10.2. The lowest BCUT2D eigenvalue weighted by molar-refractivity contribution is 0.0501. The predicted octanol–water partition coefficient (Wildman–Crippen LogP) is 5.30. The second-order valence-corrected chi connectivity index (χ2v) is 7.85. The van der Waals surface area contributed by atoms with Gasteiger partial charge in [-0.1, -0.05) is 48.7 Å². The number of hydrogen-bond acceptors (Lipinski definition) is 4. The summed E-state index contributed by atoms with van der Waals surface area (Å²) in [5, 5.41) is 3.88. The van der Waals surface area contributed by atoms with E-state index in [1.54, 1.807) is 35.2 Å². The number of carbonyl (C=O) groups excluding carboxylic acids is 2. The summed E-state index contributed by atoms with van der Waals surface area (Å²) in [6, 6.07) is 12.2. The molecule has 0 radical (unpaired) electrons. The maximum Gasteiger partial charge on any atom is 0.340 e. The van der Waals surface area contributed by atoms with Crippen LogP contribution in [0.15, 0.2) is 42.5 Å². The van der Waals surface area contributed by atoms with E-state index in [4.69, 9.17) is 27.9 Å². The highest BCUT2D eigenvalue weighted by atomic mass is 35.5. The Bertz CT molecular complexity index is 899. The van der Waals surface area contributed by atoms with E-state index in [1.807, 2.05) is 19.1 Å². The Hall–Kier alpha value is -2.44.